The largest absolute Gasteiger partial charge is 0.467 e. The van der Waals surface area contributed by atoms with Crippen molar-refractivity contribution in [3.05, 3.63) is 65.2 Å². The fourth-order valence-electron chi connectivity index (χ4n) is 3.69. The highest BCUT2D eigenvalue weighted by Crippen LogP contribution is 2.31. The number of anilines is 1. The Morgan fingerprint density at radius 1 is 1.07 bits per heavy atom. The minimum Gasteiger partial charge on any atom is -0.467 e. The first kappa shape index (κ1) is 18.5. The maximum Gasteiger partial charge on any atom is 0.228 e. The second-order valence-corrected chi connectivity index (χ2v) is 8.39. The van der Waals surface area contributed by atoms with Crippen molar-refractivity contribution in [3.8, 4) is 0 Å². The van der Waals surface area contributed by atoms with Crippen LogP contribution in [0.3, 0.4) is 0 Å². The van der Waals surface area contributed by atoms with E-state index in [1.807, 2.05) is 36.4 Å². The third-order valence-corrected chi connectivity index (χ3v) is 6.48. The van der Waals surface area contributed by atoms with E-state index in [9.17, 15) is 0 Å². The summed E-state index contributed by atoms with van der Waals surface area (Å²) in [6.07, 6.45) is 5.89. The number of rotatable bonds is 6. The van der Waals surface area contributed by atoms with Crippen molar-refractivity contribution in [3.63, 3.8) is 0 Å². The average Bonchev–Trinajstić information content (AvgIpc) is 3.51. The summed E-state index contributed by atoms with van der Waals surface area (Å²) >= 11 is 8.00. The monoisotopic (exact) mass is 425 g/mol. The van der Waals surface area contributed by atoms with Crippen LogP contribution in [0.4, 0.5) is 5.95 Å². The Morgan fingerprint density at radius 3 is 2.79 bits per heavy atom. The summed E-state index contributed by atoms with van der Waals surface area (Å²) in [6, 6.07) is 11.8. The van der Waals surface area contributed by atoms with E-state index in [0.29, 0.717) is 6.54 Å². The van der Waals surface area contributed by atoms with Gasteiger partial charge >= 0.3 is 0 Å². The summed E-state index contributed by atoms with van der Waals surface area (Å²) in [5.74, 6) is 2.55. The van der Waals surface area contributed by atoms with E-state index >= 15 is 0 Å². The van der Waals surface area contributed by atoms with Gasteiger partial charge in [0, 0.05) is 35.4 Å². The van der Waals surface area contributed by atoms with Crippen molar-refractivity contribution < 1.29 is 4.42 Å². The van der Waals surface area contributed by atoms with E-state index in [-0.39, 0.29) is 0 Å². The number of nitrogens with zero attached hydrogens (tertiary/aromatic N) is 5. The lowest BCUT2D eigenvalue weighted by atomic mass is 10.1. The first-order chi connectivity index (χ1) is 14.3. The molecule has 0 radical (unpaired) electrons. The van der Waals surface area contributed by atoms with Gasteiger partial charge in [-0.05, 0) is 48.7 Å². The summed E-state index contributed by atoms with van der Waals surface area (Å²) in [7, 11) is 0. The van der Waals surface area contributed by atoms with Crippen LogP contribution in [0.25, 0.3) is 10.9 Å². The lowest BCUT2D eigenvalue weighted by Gasteiger charge is -2.17. The number of fused-ring (bicyclic) bond motifs is 1. The van der Waals surface area contributed by atoms with Gasteiger partial charge in [-0.15, -0.1) is 10.2 Å². The highest BCUT2D eigenvalue weighted by molar-refractivity contribution is 7.98. The normalized spacial score (nSPS) is 14.2. The molecule has 4 aromatic rings. The number of hydrogen-bond acceptors (Lipinski definition) is 6. The molecule has 0 atom stereocenters. The van der Waals surface area contributed by atoms with Gasteiger partial charge in [-0.25, -0.2) is 0 Å². The van der Waals surface area contributed by atoms with Crippen molar-refractivity contribution in [2.75, 3.05) is 18.0 Å². The van der Waals surface area contributed by atoms with Gasteiger partial charge < -0.3 is 9.32 Å². The van der Waals surface area contributed by atoms with Gasteiger partial charge in [0.15, 0.2) is 5.16 Å². The smallest absolute Gasteiger partial charge is 0.228 e. The Morgan fingerprint density at radius 2 is 1.97 bits per heavy atom. The molecular formula is C21H20ClN5OS. The molecule has 0 saturated carbocycles. The molecule has 148 valence electrons. The molecule has 5 rings (SSSR count). The molecule has 8 heteroatoms. The van der Waals surface area contributed by atoms with Gasteiger partial charge in [0.25, 0.3) is 0 Å². The van der Waals surface area contributed by atoms with E-state index in [4.69, 9.17) is 16.0 Å². The number of hydrogen-bond donors (Lipinski definition) is 0. The molecular weight excluding hydrogens is 406 g/mol. The molecule has 1 aromatic carbocycles. The predicted molar refractivity (Wildman–Crippen MR) is 116 cm³/mol. The first-order valence-electron chi connectivity index (χ1n) is 9.65. The summed E-state index contributed by atoms with van der Waals surface area (Å²) in [6.45, 7) is 2.66. The van der Waals surface area contributed by atoms with Crippen molar-refractivity contribution in [2.24, 2.45) is 0 Å². The fourth-order valence-corrected chi connectivity index (χ4v) is 4.82. The molecule has 0 unspecified atom stereocenters. The SMILES string of the molecule is Clc1ccc(CSc2nnc(N3CCCC3)n2Cc2ccco2)c2ncccc12. The Bertz CT molecular complexity index is 1120. The molecule has 3 aromatic heterocycles. The van der Waals surface area contributed by atoms with Crippen LogP contribution in [-0.2, 0) is 12.3 Å². The van der Waals surface area contributed by atoms with Crippen LogP contribution < -0.4 is 4.90 Å². The van der Waals surface area contributed by atoms with Gasteiger partial charge in [-0.3, -0.25) is 9.55 Å². The lowest BCUT2D eigenvalue weighted by Crippen LogP contribution is -2.22. The highest BCUT2D eigenvalue weighted by atomic mass is 35.5. The van der Waals surface area contributed by atoms with Crippen LogP contribution in [0.15, 0.2) is 58.4 Å². The molecule has 0 spiro atoms. The van der Waals surface area contributed by atoms with Crippen LogP contribution in [0, 0.1) is 0 Å². The topological polar surface area (TPSA) is 60.0 Å². The molecule has 6 nitrogen and oxygen atoms in total. The molecule has 0 aliphatic carbocycles. The Hall–Kier alpha value is -2.51. The van der Waals surface area contributed by atoms with E-state index in [0.717, 1.165) is 57.2 Å². The zero-order valence-corrected chi connectivity index (χ0v) is 17.4. The zero-order chi connectivity index (χ0) is 19.6. The predicted octanol–water partition coefficient (Wildman–Crippen LogP) is 5.01. The molecule has 1 aliphatic rings. The van der Waals surface area contributed by atoms with E-state index in [2.05, 4.69) is 24.6 Å². The van der Waals surface area contributed by atoms with Crippen LogP contribution in [0.5, 0.6) is 0 Å². The van der Waals surface area contributed by atoms with Gasteiger partial charge in [0.2, 0.25) is 5.95 Å². The number of thioether (sulfide) groups is 1. The Balaban J connectivity index is 1.45. The van der Waals surface area contributed by atoms with Crippen molar-refractivity contribution in [1.29, 1.82) is 0 Å². The molecule has 29 heavy (non-hydrogen) atoms. The second kappa shape index (κ2) is 8.08. The van der Waals surface area contributed by atoms with Gasteiger partial charge in [0.1, 0.15) is 5.76 Å². The molecule has 1 fully saturated rings. The van der Waals surface area contributed by atoms with E-state index in [1.165, 1.54) is 12.8 Å². The Labute approximate surface area is 177 Å². The van der Waals surface area contributed by atoms with E-state index in [1.54, 1.807) is 24.2 Å². The molecule has 4 heterocycles. The number of aromatic nitrogens is 4. The fraction of sp³-hybridized carbons (Fsp3) is 0.286. The summed E-state index contributed by atoms with van der Waals surface area (Å²) in [5.41, 5.74) is 2.06. The zero-order valence-electron chi connectivity index (χ0n) is 15.8. The standard InChI is InChI=1S/C21H20ClN5OS/c22-18-8-7-15(19-17(18)6-3-9-23-19)14-29-21-25-24-20(26-10-1-2-11-26)27(21)13-16-5-4-12-28-16/h3-9,12H,1-2,10-11,13-14H2. The second-order valence-electron chi connectivity index (χ2n) is 7.04. The third-order valence-electron chi connectivity index (χ3n) is 5.14. The van der Waals surface area contributed by atoms with Crippen LogP contribution in [-0.4, -0.2) is 32.8 Å². The first-order valence-corrected chi connectivity index (χ1v) is 11.0. The minimum atomic E-state index is 0.619. The summed E-state index contributed by atoms with van der Waals surface area (Å²) in [5, 5.41) is 11.6. The molecule has 1 saturated heterocycles. The number of pyridine rings is 1. The van der Waals surface area contributed by atoms with Crippen LogP contribution in [0.2, 0.25) is 5.02 Å². The molecule has 0 amide bonds. The maximum absolute atomic E-state index is 6.34. The van der Waals surface area contributed by atoms with Crippen molar-refractivity contribution in [1.82, 2.24) is 19.7 Å². The quantitative estimate of drug-likeness (QED) is 0.404. The number of benzene rings is 1. The van der Waals surface area contributed by atoms with E-state index < -0.39 is 0 Å². The number of furan rings is 1. The van der Waals surface area contributed by atoms with Gasteiger partial charge in [0.05, 0.1) is 18.3 Å². The van der Waals surface area contributed by atoms with Crippen molar-refractivity contribution >= 4 is 40.2 Å². The van der Waals surface area contributed by atoms with Gasteiger partial charge in [-0.2, -0.15) is 0 Å². The average molecular weight is 426 g/mol. The number of halogens is 1. The minimum absolute atomic E-state index is 0.619. The summed E-state index contributed by atoms with van der Waals surface area (Å²) < 4.78 is 7.74. The van der Waals surface area contributed by atoms with Crippen molar-refractivity contribution in [2.45, 2.75) is 30.3 Å². The Kier molecular flexibility index (Phi) is 5.16. The molecule has 0 N–H and O–H groups in total. The summed E-state index contributed by atoms with van der Waals surface area (Å²) in [4.78, 5) is 6.85. The van der Waals surface area contributed by atoms with Gasteiger partial charge in [-0.1, -0.05) is 29.4 Å². The van der Waals surface area contributed by atoms with Crippen LogP contribution in [0.1, 0.15) is 24.2 Å². The third kappa shape index (κ3) is 3.72. The maximum atomic E-state index is 6.34. The highest BCUT2D eigenvalue weighted by Gasteiger charge is 2.22. The molecule has 1 aliphatic heterocycles. The molecule has 0 bridgehead atoms. The van der Waals surface area contributed by atoms with Crippen LogP contribution >= 0.6 is 23.4 Å². The lowest BCUT2D eigenvalue weighted by molar-refractivity contribution is 0.483.